The third kappa shape index (κ3) is 4.98. The van der Waals surface area contributed by atoms with Crippen LogP contribution < -0.4 is 15.8 Å². The van der Waals surface area contributed by atoms with E-state index in [1.807, 2.05) is 61.5 Å². The average molecular weight is 349 g/mol. The summed E-state index contributed by atoms with van der Waals surface area (Å²) in [6.07, 6.45) is 1.11. The zero-order chi connectivity index (χ0) is 16.9. The lowest BCUT2D eigenvalue weighted by Crippen LogP contribution is -2.45. The van der Waals surface area contributed by atoms with Gasteiger partial charge in [-0.05, 0) is 50.1 Å². The molecule has 0 bridgehead atoms. The quantitative estimate of drug-likeness (QED) is 0.826. The first kappa shape index (κ1) is 20.0. The van der Waals surface area contributed by atoms with Crippen molar-refractivity contribution in [1.82, 2.24) is 0 Å². The predicted octanol–water partition coefficient (Wildman–Crippen LogP) is 4.10. The molecule has 0 heterocycles. The average Bonchev–Trinajstić information content (AvgIpc) is 2.57. The van der Waals surface area contributed by atoms with Crippen molar-refractivity contribution in [1.29, 1.82) is 0 Å². The van der Waals surface area contributed by atoms with Crippen LogP contribution in [0.25, 0.3) is 0 Å². The number of benzene rings is 2. The van der Waals surface area contributed by atoms with E-state index in [0.717, 1.165) is 17.7 Å². The third-order valence-electron chi connectivity index (χ3n) is 3.87. The smallest absolute Gasteiger partial charge is 0.248 e. The van der Waals surface area contributed by atoms with Crippen LogP contribution in [0.2, 0.25) is 0 Å². The van der Waals surface area contributed by atoms with Crippen LogP contribution in [0.3, 0.4) is 0 Å². The van der Waals surface area contributed by atoms with Crippen molar-refractivity contribution >= 4 is 24.0 Å². The minimum atomic E-state index is -1.09. The van der Waals surface area contributed by atoms with Crippen LogP contribution in [0.15, 0.2) is 54.6 Å². The fourth-order valence-corrected chi connectivity index (χ4v) is 2.11. The first-order valence-corrected chi connectivity index (χ1v) is 7.86. The molecule has 5 heteroatoms. The van der Waals surface area contributed by atoms with Gasteiger partial charge in [-0.1, -0.05) is 37.3 Å². The van der Waals surface area contributed by atoms with Gasteiger partial charge in [0.1, 0.15) is 11.3 Å². The van der Waals surface area contributed by atoms with Crippen molar-refractivity contribution < 1.29 is 9.53 Å². The number of carbonyl (C=O) groups is 1. The summed E-state index contributed by atoms with van der Waals surface area (Å²) < 4.78 is 5.72. The Morgan fingerprint density at radius 3 is 2.29 bits per heavy atom. The molecule has 0 fully saturated rings. The molecule has 2 unspecified atom stereocenters. The van der Waals surface area contributed by atoms with Gasteiger partial charge in [-0.15, -0.1) is 12.4 Å². The molecule has 2 aromatic carbocycles. The highest BCUT2D eigenvalue weighted by Crippen LogP contribution is 2.22. The topological polar surface area (TPSA) is 64.3 Å². The van der Waals surface area contributed by atoms with E-state index in [9.17, 15) is 4.79 Å². The number of hydrogen-bond acceptors (Lipinski definition) is 3. The molecule has 2 rings (SSSR count). The first-order valence-electron chi connectivity index (χ1n) is 7.86. The molecule has 0 aliphatic heterocycles. The molecule has 3 N–H and O–H groups in total. The minimum absolute atomic E-state index is 0. The van der Waals surface area contributed by atoms with Gasteiger partial charge in [-0.2, -0.15) is 0 Å². The Morgan fingerprint density at radius 2 is 1.75 bits per heavy atom. The number of halogens is 1. The number of rotatable bonds is 6. The molecule has 0 spiro atoms. The normalized spacial score (nSPS) is 14.0. The maximum atomic E-state index is 12.5. The monoisotopic (exact) mass is 348 g/mol. The number of carbonyl (C=O) groups excluding carboxylic acids is 1. The SMILES string of the molecule is CCC(C)Oc1ccc(NC(=O)C(C)(N)c2ccccc2)cc1.Cl. The summed E-state index contributed by atoms with van der Waals surface area (Å²) >= 11 is 0. The van der Waals surface area contributed by atoms with Gasteiger partial charge < -0.3 is 15.8 Å². The molecule has 1 amide bonds. The van der Waals surface area contributed by atoms with E-state index >= 15 is 0 Å². The summed E-state index contributed by atoms with van der Waals surface area (Å²) in [7, 11) is 0. The summed E-state index contributed by atoms with van der Waals surface area (Å²) in [4.78, 5) is 12.5. The molecule has 0 aliphatic rings. The highest BCUT2D eigenvalue weighted by atomic mass is 35.5. The van der Waals surface area contributed by atoms with E-state index in [1.165, 1.54) is 0 Å². The molecule has 2 atom stereocenters. The van der Waals surface area contributed by atoms with Crippen molar-refractivity contribution in [3.05, 3.63) is 60.2 Å². The molecule has 24 heavy (non-hydrogen) atoms. The van der Waals surface area contributed by atoms with Crippen molar-refractivity contribution in [2.75, 3.05) is 5.32 Å². The maximum Gasteiger partial charge on any atom is 0.248 e. The molecule has 130 valence electrons. The van der Waals surface area contributed by atoms with Crippen LogP contribution >= 0.6 is 12.4 Å². The standard InChI is InChI=1S/C19H24N2O2.ClH/c1-4-14(2)23-17-12-10-16(11-13-17)21-18(22)19(3,20)15-8-6-5-7-9-15;/h5-14H,4,20H2,1-3H3,(H,21,22);1H. The summed E-state index contributed by atoms with van der Waals surface area (Å²) in [5, 5.41) is 2.86. The second kappa shape index (κ2) is 8.71. The molecule has 4 nitrogen and oxygen atoms in total. The number of nitrogens with one attached hydrogen (secondary N) is 1. The molecule has 2 aromatic rings. The zero-order valence-electron chi connectivity index (χ0n) is 14.3. The Morgan fingerprint density at radius 1 is 1.17 bits per heavy atom. The number of amides is 1. The molecule has 0 saturated heterocycles. The van der Waals surface area contributed by atoms with E-state index < -0.39 is 5.54 Å². The molecule has 0 aromatic heterocycles. The van der Waals surface area contributed by atoms with Gasteiger partial charge in [0.15, 0.2) is 0 Å². The van der Waals surface area contributed by atoms with Crippen molar-refractivity contribution in [3.8, 4) is 5.75 Å². The number of ether oxygens (including phenoxy) is 1. The van der Waals surface area contributed by atoms with Gasteiger partial charge >= 0.3 is 0 Å². The van der Waals surface area contributed by atoms with E-state index in [2.05, 4.69) is 12.2 Å². The van der Waals surface area contributed by atoms with Crippen molar-refractivity contribution in [3.63, 3.8) is 0 Å². The highest BCUT2D eigenvalue weighted by molar-refractivity contribution is 5.98. The molecule has 0 aliphatic carbocycles. The Bertz CT molecular complexity index is 642. The van der Waals surface area contributed by atoms with E-state index in [0.29, 0.717) is 5.69 Å². The molecule has 0 saturated carbocycles. The third-order valence-corrected chi connectivity index (χ3v) is 3.87. The summed E-state index contributed by atoms with van der Waals surface area (Å²) in [6, 6.07) is 16.7. The Balaban J connectivity index is 0.00000288. The first-order chi connectivity index (χ1) is 10.9. The number of anilines is 1. The minimum Gasteiger partial charge on any atom is -0.491 e. The lowest BCUT2D eigenvalue weighted by atomic mass is 9.92. The van der Waals surface area contributed by atoms with Crippen LogP contribution in [0.5, 0.6) is 5.75 Å². The van der Waals surface area contributed by atoms with Gasteiger partial charge in [0.2, 0.25) is 5.91 Å². The summed E-state index contributed by atoms with van der Waals surface area (Å²) in [5.41, 5.74) is 6.58. The van der Waals surface area contributed by atoms with Crippen molar-refractivity contribution in [2.24, 2.45) is 5.73 Å². The lowest BCUT2D eigenvalue weighted by molar-refractivity contribution is -0.120. The maximum absolute atomic E-state index is 12.5. The van der Waals surface area contributed by atoms with Crippen LogP contribution in [0.1, 0.15) is 32.8 Å². The Hall–Kier alpha value is -2.04. The van der Waals surface area contributed by atoms with Gasteiger partial charge in [0.25, 0.3) is 0 Å². The van der Waals surface area contributed by atoms with Crippen LogP contribution in [0, 0.1) is 0 Å². The fourth-order valence-electron chi connectivity index (χ4n) is 2.11. The van der Waals surface area contributed by atoms with E-state index in [-0.39, 0.29) is 24.4 Å². The van der Waals surface area contributed by atoms with E-state index in [4.69, 9.17) is 10.5 Å². The van der Waals surface area contributed by atoms with E-state index in [1.54, 1.807) is 6.92 Å². The van der Waals surface area contributed by atoms with Crippen LogP contribution in [0.4, 0.5) is 5.69 Å². The number of hydrogen-bond donors (Lipinski definition) is 2. The largest absolute Gasteiger partial charge is 0.491 e. The van der Waals surface area contributed by atoms with Gasteiger partial charge in [0, 0.05) is 5.69 Å². The zero-order valence-corrected chi connectivity index (χ0v) is 15.1. The van der Waals surface area contributed by atoms with Crippen LogP contribution in [-0.2, 0) is 10.3 Å². The van der Waals surface area contributed by atoms with Gasteiger partial charge in [0.05, 0.1) is 6.10 Å². The molecular weight excluding hydrogens is 324 g/mol. The Kier molecular flexibility index (Phi) is 7.26. The predicted molar refractivity (Wildman–Crippen MR) is 101 cm³/mol. The number of nitrogens with two attached hydrogens (primary N) is 1. The second-order valence-electron chi connectivity index (χ2n) is 5.88. The second-order valence-corrected chi connectivity index (χ2v) is 5.88. The fraction of sp³-hybridized carbons (Fsp3) is 0.316. The Labute approximate surface area is 149 Å². The van der Waals surface area contributed by atoms with Gasteiger partial charge in [-0.3, -0.25) is 4.79 Å². The highest BCUT2D eigenvalue weighted by Gasteiger charge is 2.30. The summed E-state index contributed by atoms with van der Waals surface area (Å²) in [5.74, 6) is 0.537. The van der Waals surface area contributed by atoms with Crippen LogP contribution in [-0.4, -0.2) is 12.0 Å². The molecule has 0 radical (unpaired) electrons. The van der Waals surface area contributed by atoms with Gasteiger partial charge in [-0.25, -0.2) is 0 Å². The van der Waals surface area contributed by atoms with Crippen molar-refractivity contribution in [2.45, 2.75) is 38.8 Å². The lowest BCUT2D eigenvalue weighted by Gasteiger charge is -2.24. The molecular formula is C19H25ClN2O2. The summed E-state index contributed by atoms with van der Waals surface area (Å²) in [6.45, 7) is 5.80.